The van der Waals surface area contributed by atoms with E-state index in [0.29, 0.717) is 11.5 Å². The first-order valence-electron chi connectivity index (χ1n) is 5.95. The highest BCUT2D eigenvalue weighted by Crippen LogP contribution is 2.43. The summed E-state index contributed by atoms with van der Waals surface area (Å²) in [5.41, 5.74) is 1.86. The van der Waals surface area contributed by atoms with Crippen LogP contribution in [0.5, 0.6) is 0 Å². The Bertz CT molecular complexity index is 285. The van der Waals surface area contributed by atoms with Gasteiger partial charge in [0.25, 0.3) is 0 Å². The maximum absolute atomic E-state index is 5.13. The lowest BCUT2D eigenvalue weighted by Gasteiger charge is -2.42. The molecule has 1 fully saturated rings. The van der Waals surface area contributed by atoms with E-state index >= 15 is 0 Å². The van der Waals surface area contributed by atoms with Crippen molar-refractivity contribution in [2.45, 2.75) is 45.6 Å². The molecular weight excluding hydrogens is 186 g/mol. The molecule has 1 aromatic heterocycles. The molecule has 2 rings (SSSR count). The molecule has 0 spiro atoms. The molecular formula is C13H21NO. The number of furan rings is 1. The molecule has 0 radical (unpaired) electrons. The zero-order valence-corrected chi connectivity index (χ0v) is 9.75. The van der Waals surface area contributed by atoms with Crippen LogP contribution in [-0.4, -0.2) is 12.6 Å². The van der Waals surface area contributed by atoms with Gasteiger partial charge < -0.3 is 9.73 Å². The maximum Gasteiger partial charge on any atom is 0.0934 e. The van der Waals surface area contributed by atoms with Crippen LogP contribution in [0.1, 0.15) is 38.7 Å². The molecule has 0 saturated heterocycles. The van der Waals surface area contributed by atoms with Crippen LogP contribution < -0.4 is 5.32 Å². The third-order valence-electron chi connectivity index (χ3n) is 3.46. The highest BCUT2D eigenvalue weighted by Gasteiger charge is 2.36. The van der Waals surface area contributed by atoms with Gasteiger partial charge in [-0.3, -0.25) is 0 Å². The topological polar surface area (TPSA) is 25.2 Å². The molecule has 1 saturated carbocycles. The van der Waals surface area contributed by atoms with E-state index in [1.165, 1.54) is 31.2 Å². The van der Waals surface area contributed by atoms with E-state index in [4.69, 9.17) is 4.42 Å². The Labute approximate surface area is 92.1 Å². The first-order valence-corrected chi connectivity index (χ1v) is 5.95. The van der Waals surface area contributed by atoms with Crippen LogP contribution in [0.3, 0.4) is 0 Å². The van der Waals surface area contributed by atoms with Crippen molar-refractivity contribution in [3.63, 3.8) is 0 Å². The van der Waals surface area contributed by atoms with Crippen molar-refractivity contribution >= 4 is 0 Å². The fourth-order valence-corrected chi connectivity index (χ4v) is 2.34. The second-order valence-electron chi connectivity index (χ2n) is 5.20. The molecule has 0 amide bonds. The fourth-order valence-electron chi connectivity index (χ4n) is 2.34. The van der Waals surface area contributed by atoms with Crippen molar-refractivity contribution in [2.75, 3.05) is 6.54 Å². The number of rotatable bonds is 5. The van der Waals surface area contributed by atoms with E-state index in [1.807, 2.05) is 6.26 Å². The molecule has 2 heteroatoms. The normalized spacial score (nSPS) is 19.1. The lowest BCUT2D eigenvalue weighted by Crippen LogP contribution is -2.43. The molecule has 2 nitrogen and oxygen atoms in total. The molecule has 0 aromatic carbocycles. The second kappa shape index (κ2) is 4.40. The number of hydrogen-bond acceptors (Lipinski definition) is 2. The zero-order valence-electron chi connectivity index (χ0n) is 9.75. The minimum Gasteiger partial charge on any atom is -0.472 e. The van der Waals surface area contributed by atoms with E-state index in [2.05, 4.69) is 25.2 Å². The van der Waals surface area contributed by atoms with Crippen molar-refractivity contribution in [2.24, 2.45) is 5.41 Å². The SMILES string of the molecule is CC(C)NCC1(Cc2ccoc2)CCC1. The Kier molecular flexibility index (Phi) is 3.15. The summed E-state index contributed by atoms with van der Waals surface area (Å²) >= 11 is 0. The Hall–Kier alpha value is -0.760. The van der Waals surface area contributed by atoms with Crippen molar-refractivity contribution < 1.29 is 4.42 Å². The summed E-state index contributed by atoms with van der Waals surface area (Å²) in [6, 6.07) is 2.68. The van der Waals surface area contributed by atoms with Gasteiger partial charge >= 0.3 is 0 Å². The van der Waals surface area contributed by atoms with E-state index in [9.17, 15) is 0 Å². The molecule has 1 heterocycles. The first kappa shape index (κ1) is 10.7. The summed E-state index contributed by atoms with van der Waals surface area (Å²) in [6.07, 6.45) is 8.93. The van der Waals surface area contributed by atoms with E-state index in [1.54, 1.807) is 6.26 Å². The molecule has 0 unspecified atom stereocenters. The van der Waals surface area contributed by atoms with Crippen LogP contribution in [0.25, 0.3) is 0 Å². The van der Waals surface area contributed by atoms with Crippen LogP contribution in [0, 0.1) is 5.41 Å². The lowest BCUT2D eigenvalue weighted by molar-refractivity contribution is 0.126. The molecule has 1 aliphatic carbocycles. The highest BCUT2D eigenvalue weighted by atomic mass is 16.3. The van der Waals surface area contributed by atoms with Gasteiger partial charge in [0.15, 0.2) is 0 Å². The molecule has 84 valence electrons. The van der Waals surface area contributed by atoms with E-state index in [-0.39, 0.29) is 0 Å². The Morgan fingerprint density at radius 3 is 2.73 bits per heavy atom. The van der Waals surface area contributed by atoms with Gasteiger partial charge in [-0.15, -0.1) is 0 Å². The van der Waals surface area contributed by atoms with Gasteiger partial charge in [-0.25, -0.2) is 0 Å². The molecule has 0 aliphatic heterocycles. The monoisotopic (exact) mass is 207 g/mol. The summed E-state index contributed by atoms with van der Waals surface area (Å²) in [6.45, 7) is 5.57. The zero-order chi connectivity index (χ0) is 10.7. The average molecular weight is 207 g/mol. The highest BCUT2D eigenvalue weighted by molar-refractivity contribution is 5.11. The van der Waals surface area contributed by atoms with Gasteiger partial charge in [-0.1, -0.05) is 20.3 Å². The van der Waals surface area contributed by atoms with Crippen LogP contribution in [0.15, 0.2) is 23.0 Å². The minimum absolute atomic E-state index is 0.508. The van der Waals surface area contributed by atoms with Gasteiger partial charge in [0.2, 0.25) is 0 Å². The maximum atomic E-state index is 5.13. The summed E-state index contributed by atoms with van der Waals surface area (Å²) in [5.74, 6) is 0. The van der Waals surface area contributed by atoms with E-state index < -0.39 is 0 Å². The molecule has 0 bridgehead atoms. The standard InChI is InChI=1S/C13H21NO/c1-11(2)14-10-13(5-3-6-13)8-12-4-7-15-9-12/h4,7,9,11,14H,3,5-6,8,10H2,1-2H3. The van der Waals surface area contributed by atoms with Crippen LogP contribution in [0.4, 0.5) is 0 Å². The summed E-state index contributed by atoms with van der Waals surface area (Å²) < 4.78 is 5.13. The number of hydrogen-bond donors (Lipinski definition) is 1. The molecule has 15 heavy (non-hydrogen) atoms. The van der Waals surface area contributed by atoms with E-state index in [0.717, 1.165) is 6.54 Å². The van der Waals surface area contributed by atoms with Crippen molar-refractivity contribution in [1.29, 1.82) is 0 Å². The third-order valence-corrected chi connectivity index (χ3v) is 3.46. The average Bonchev–Trinajstić information content (AvgIpc) is 2.61. The Balaban J connectivity index is 1.90. The van der Waals surface area contributed by atoms with Crippen LogP contribution in [0.2, 0.25) is 0 Å². The first-order chi connectivity index (χ1) is 7.20. The van der Waals surface area contributed by atoms with Crippen molar-refractivity contribution in [1.82, 2.24) is 5.32 Å². The van der Waals surface area contributed by atoms with Gasteiger partial charge in [-0.2, -0.15) is 0 Å². The minimum atomic E-state index is 0.508. The predicted octanol–water partition coefficient (Wildman–Crippen LogP) is 2.99. The summed E-state index contributed by atoms with van der Waals surface area (Å²) in [4.78, 5) is 0. The van der Waals surface area contributed by atoms with Gasteiger partial charge in [-0.05, 0) is 36.3 Å². The summed E-state index contributed by atoms with van der Waals surface area (Å²) in [5, 5.41) is 3.57. The number of nitrogens with one attached hydrogen (secondary N) is 1. The molecule has 0 atom stereocenters. The quantitative estimate of drug-likeness (QED) is 0.803. The molecule has 1 N–H and O–H groups in total. The largest absolute Gasteiger partial charge is 0.472 e. The predicted molar refractivity (Wildman–Crippen MR) is 61.8 cm³/mol. The Morgan fingerprint density at radius 1 is 1.47 bits per heavy atom. The molecule has 1 aliphatic rings. The van der Waals surface area contributed by atoms with Crippen molar-refractivity contribution in [3.05, 3.63) is 24.2 Å². The fraction of sp³-hybridized carbons (Fsp3) is 0.692. The van der Waals surface area contributed by atoms with Crippen LogP contribution in [-0.2, 0) is 6.42 Å². The second-order valence-corrected chi connectivity index (χ2v) is 5.20. The van der Waals surface area contributed by atoms with Gasteiger partial charge in [0, 0.05) is 12.6 Å². The molecule has 1 aromatic rings. The Morgan fingerprint density at radius 2 is 2.27 bits per heavy atom. The van der Waals surface area contributed by atoms with Crippen molar-refractivity contribution in [3.8, 4) is 0 Å². The smallest absolute Gasteiger partial charge is 0.0934 e. The van der Waals surface area contributed by atoms with Crippen LogP contribution >= 0.6 is 0 Å². The third kappa shape index (κ3) is 2.63. The van der Waals surface area contributed by atoms with Gasteiger partial charge in [0.1, 0.15) is 0 Å². The lowest BCUT2D eigenvalue weighted by atomic mass is 9.65. The van der Waals surface area contributed by atoms with Gasteiger partial charge in [0.05, 0.1) is 12.5 Å². The summed E-state index contributed by atoms with van der Waals surface area (Å²) in [7, 11) is 0.